The highest BCUT2D eigenvalue weighted by atomic mass is 79.9. The highest BCUT2D eigenvalue weighted by molar-refractivity contribution is 8.93. The van der Waals surface area contributed by atoms with E-state index in [9.17, 15) is 0 Å². The van der Waals surface area contributed by atoms with E-state index >= 15 is 0 Å². The van der Waals surface area contributed by atoms with Gasteiger partial charge >= 0.3 is 0 Å². The molecular formula is C38H80BrN. The van der Waals surface area contributed by atoms with E-state index < -0.39 is 0 Å². The number of rotatable bonds is 35. The minimum Gasteiger partial charge on any atom is -0.306 e. The summed E-state index contributed by atoms with van der Waals surface area (Å²) in [6.45, 7) is 7.25. The normalized spacial score (nSPS) is 11.4. The summed E-state index contributed by atoms with van der Waals surface area (Å²) in [5.74, 6) is 0. The highest BCUT2D eigenvalue weighted by Gasteiger charge is 2.00. The van der Waals surface area contributed by atoms with E-state index in [4.69, 9.17) is 0 Å². The smallest absolute Gasteiger partial charge is 0.00218 e. The number of unbranched alkanes of at least 4 members (excludes halogenated alkanes) is 31. The Morgan fingerprint density at radius 1 is 0.250 bits per heavy atom. The molecular weight excluding hydrogens is 550 g/mol. The van der Waals surface area contributed by atoms with E-state index in [1.165, 1.54) is 225 Å². The third-order valence-electron chi connectivity index (χ3n) is 9.04. The number of hydrogen-bond acceptors (Lipinski definition) is 1. The molecule has 0 aromatic carbocycles. The summed E-state index contributed by atoms with van der Waals surface area (Å²) in [5.41, 5.74) is 0. The van der Waals surface area contributed by atoms with Gasteiger partial charge in [-0.2, -0.15) is 0 Å². The maximum absolute atomic E-state index is 2.59. The van der Waals surface area contributed by atoms with Crippen molar-refractivity contribution < 1.29 is 0 Å². The van der Waals surface area contributed by atoms with Crippen molar-refractivity contribution in [2.24, 2.45) is 0 Å². The van der Waals surface area contributed by atoms with Gasteiger partial charge in [0.05, 0.1) is 0 Å². The second-order valence-corrected chi connectivity index (χ2v) is 13.3. The summed E-state index contributed by atoms with van der Waals surface area (Å²) < 4.78 is 0. The molecule has 0 aliphatic rings. The first-order valence-corrected chi connectivity index (χ1v) is 19.0. The molecule has 0 N–H and O–H groups in total. The molecule has 0 unspecified atom stereocenters. The van der Waals surface area contributed by atoms with E-state index in [2.05, 4.69) is 25.8 Å². The molecule has 2 heteroatoms. The van der Waals surface area contributed by atoms with Gasteiger partial charge in [0.2, 0.25) is 0 Å². The molecule has 244 valence electrons. The van der Waals surface area contributed by atoms with Crippen molar-refractivity contribution in [1.29, 1.82) is 0 Å². The predicted molar refractivity (Wildman–Crippen MR) is 192 cm³/mol. The van der Waals surface area contributed by atoms with Gasteiger partial charge in [0.25, 0.3) is 0 Å². The van der Waals surface area contributed by atoms with Gasteiger partial charge < -0.3 is 4.90 Å². The maximum atomic E-state index is 2.59. The van der Waals surface area contributed by atoms with Gasteiger partial charge in [-0.3, -0.25) is 0 Å². The summed E-state index contributed by atoms with van der Waals surface area (Å²) in [7, 11) is 2.34. The van der Waals surface area contributed by atoms with Gasteiger partial charge in [0.1, 0.15) is 0 Å². The van der Waals surface area contributed by atoms with Crippen molar-refractivity contribution >= 4 is 17.0 Å². The quantitative estimate of drug-likeness (QED) is 0.0630. The molecule has 0 aliphatic heterocycles. The molecule has 0 radical (unpaired) electrons. The fraction of sp³-hybridized carbons (Fsp3) is 1.00. The average Bonchev–Trinajstić information content (AvgIpc) is 2.94. The van der Waals surface area contributed by atoms with Crippen LogP contribution < -0.4 is 0 Å². The minimum atomic E-state index is 0. The van der Waals surface area contributed by atoms with Gasteiger partial charge in [0.15, 0.2) is 0 Å². The molecule has 0 heterocycles. The number of nitrogens with zero attached hydrogens (tertiary/aromatic N) is 1. The van der Waals surface area contributed by atoms with E-state index in [1.807, 2.05) is 0 Å². The minimum absolute atomic E-state index is 0. The van der Waals surface area contributed by atoms with Crippen LogP contribution in [-0.4, -0.2) is 25.0 Å². The first-order valence-electron chi connectivity index (χ1n) is 19.0. The number of hydrogen-bond donors (Lipinski definition) is 0. The molecule has 0 aromatic heterocycles. The Morgan fingerprint density at radius 3 is 0.575 bits per heavy atom. The van der Waals surface area contributed by atoms with Gasteiger partial charge in [-0.05, 0) is 33.0 Å². The lowest BCUT2D eigenvalue weighted by Gasteiger charge is -2.16. The zero-order valence-electron chi connectivity index (χ0n) is 28.6. The van der Waals surface area contributed by atoms with E-state index in [0.717, 1.165) is 0 Å². The molecule has 0 amide bonds. The van der Waals surface area contributed by atoms with Crippen LogP contribution in [0.25, 0.3) is 0 Å². The average molecular weight is 631 g/mol. The van der Waals surface area contributed by atoms with E-state index in [1.54, 1.807) is 0 Å². The van der Waals surface area contributed by atoms with Crippen LogP contribution in [0.5, 0.6) is 0 Å². The van der Waals surface area contributed by atoms with Crippen molar-refractivity contribution in [3.8, 4) is 0 Å². The molecule has 0 aliphatic carbocycles. The highest BCUT2D eigenvalue weighted by Crippen LogP contribution is 2.15. The second-order valence-electron chi connectivity index (χ2n) is 13.3. The Bertz CT molecular complexity index is 412. The van der Waals surface area contributed by atoms with Crippen molar-refractivity contribution in [2.75, 3.05) is 20.1 Å². The van der Waals surface area contributed by atoms with Gasteiger partial charge in [-0.15, -0.1) is 17.0 Å². The molecule has 0 saturated heterocycles. The molecule has 1 nitrogen and oxygen atoms in total. The second kappa shape index (κ2) is 39.4. The first kappa shape index (κ1) is 42.6. The Kier molecular flexibility index (Phi) is 42.0. The summed E-state index contributed by atoms with van der Waals surface area (Å²) in [6.07, 6.45) is 48.3. The van der Waals surface area contributed by atoms with Crippen LogP contribution in [0.1, 0.15) is 226 Å². The molecule has 40 heavy (non-hydrogen) atoms. The standard InChI is InChI=1S/C38H79N.BrH/c1-4-6-8-10-12-14-16-18-20-22-24-26-28-30-32-34-36-38-39(3)37-35-33-31-29-27-25-23-21-19-17-15-13-11-9-7-5-2;/h4-38H2,1-3H3;1H. The van der Waals surface area contributed by atoms with Crippen molar-refractivity contribution in [2.45, 2.75) is 226 Å². The molecule has 0 atom stereocenters. The van der Waals surface area contributed by atoms with Crippen LogP contribution in [0, 0.1) is 0 Å². The lowest BCUT2D eigenvalue weighted by atomic mass is 10.0. The lowest BCUT2D eigenvalue weighted by molar-refractivity contribution is 0.314. The predicted octanol–water partition coefficient (Wildman–Crippen LogP) is 14.4. The van der Waals surface area contributed by atoms with Crippen LogP contribution in [0.4, 0.5) is 0 Å². The van der Waals surface area contributed by atoms with Crippen LogP contribution in [0.3, 0.4) is 0 Å². The Balaban J connectivity index is 0. The monoisotopic (exact) mass is 630 g/mol. The summed E-state index contributed by atoms with van der Waals surface area (Å²) in [4.78, 5) is 2.59. The summed E-state index contributed by atoms with van der Waals surface area (Å²) >= 11 is 0. The molecule has 0 bridgehead atoms. The third kappa shape index (κ3) is 38.4. The van der Waals surface area contributed by atoms with E-state index in [0.29, 0.717) is 0 Å². The van der Waals surface area contributed by atoms with Crippen LogP contribution in [-0.2, 0) is 0 Å². The van der Waals surface area contributed by atoms with Gasteiger partial charge in [0, 0.05) is 0 Å². The largest absolute Gasteiger partial charge is 0.306 e. The summed E-state index contributed by atoms with van der Waals surface area (Å²) in [5, 5.41) is 0. The lowest BCUT2D eigenvalue weighted by Crippen LogP contribution is -2.20. The van der Waals surface area contributed by atoms with Gasteiger partial charge in [-0.1, -0.05) is 213 Å². The number of halogens is 1. The van der Waals surface area contributed by atoms with Crippen molar-refractivity contribution in [3.63, 3.8) is 0 Å². The molecule has 0 spiro atoms. The maximum Gasteiger partial charge on any atom is -0.00218 e. The van der Waals surface area contributed by atoms with Crippen LogP contribution in [0.15, 0.2) is 0 Å². The fourth-order valence-electron chi connectivity index (χ4n) is 6.15. The Morgan fingerprint density at radius 2 is 0.400 bits per heavy atom. The molecule has 0 fully saturated rings. The molecule has 0 rings (SSSR count). The van der Waals surface area contributed by atoms with Crippen molar-refractivity contribution in [1.82, 2.24) is 4.90 Å². The fourth-order valence-corrected chi connectivity index (χ4v) is 6.15. The molecule has 0 saturated carbocycles. The first-order chi connectivity index (χ1) is 19.3. The van der Waals surface area contributed by atoms with Crippen LogP contribution in [0.2, 0.25) is 0 Å². The third-order valence-corrected chi connectivity index (χ3v) is 9.04. The Hall–Kier alpha value is 0.440. The topological polar surface area (TPSA) is 3.24 Å². The van der Waals surface area contributed by atoms with Crippen LogP contribution >= 0.6 is 17.0 Å². The summed E-state index contributed by atoms with van der Waals surface area (Å²) in [6, 6.07) is 0. The SMILES string of the molecule is Br.CCCCCCCCCCCCCCCCCCCN(C)CCCCCCCCCCCCCCCCCC. The van der Waals surface area contributed by atoms with Crippen molar-refractivity contribution in [3.05, 3.63) is 0 Å². The zero-order valence-corrected chi connectivity index (χ0v) is 30.3. The van der Waals surface area contributed by atoms with Gasteiger partial charge in [-0.25, -0.2) is 0 Å². The Labute approximate surface area is 267 Å². The zero-order chi connectivity index (χ0) is 28.3. The van der Waals surface area contributed by atoms with E-state index in [-0.39, 0.29) is 17.0 Å². The molecule has 0 aromatic rings.